The van der Waals surface area contributed by atoms with Gasteiger partial charge in [0.1, 0.15) is 0 Å². The van der Waals surface area contributed by atoms with E-state index >= 15 is 4.39 Å². The molecule has 4 aliphatic rings. The topological polar surface area (TPSA) is 80.7 Å². The van der Waals surface area contributed by atoms with Gasteiger partial charge in [-0.3, -0.25) is 14.4 Å². The number of aliphatic hydroxyl groups excluding tert-OH is 1. The molecule has 4 aliphatic carbocycles. The lowest BCUT2D eigenvalue weighted by atomic mass is 9.44. The van der Waals surface area contributed by atoms with E-state index in [4.69, 9.17) is 4.74 Å². The standard InChI is InChI=1S/C27H37FO5/c1-6-7-8-23(32)33-27(17(3)29)16(2)13-21-20-10-9-18-14-19(30)11-12-24(18,4)26(20,28)22(31)15-25(21,27)5/h11-12,14,16,20-22,31H,6-10,13,15H2,1-5H3/t16-,20-,21-,22-,24-,25-,26+,27-/m0/s1. The highest BCUT2D eigenvalue weighted by Crippen LogP contribution is 2.71. The van der Waals surface area contributed by atoms with Gasteiger partial charge in [-0.2, -0.15) is 0 Å². The summed E-state index contributed by atoms with van der Waals surface area (Å²) < 4.78 is 23.3. The van der Waals surface area contributed by atoms with Gasteiger partial charge in [-0.25, -0.2) is 4.39 Å². The van der Waals surface area contributed by atoms with E-state index in [0.29, 0.717) is 25.7 Å². The van der Waals surface area contributed by atoms with E-state index in [1.807, 2.05) is 20.8 Å². The lowest BCUT2D eigenvalue weighted by molar-refractivity contribution is -0.227. The molecule has 0 aromatic heterocycles. The number of hydrogen-bond acceptors (Lipinski definition) is 5. The first-order valence-corrected chi connectivity index (χ1v) is 12.4. The molecule has 0 aromatic carbocycles. The maximum atomic E-state index is 17.2. The summed E-state index contributed by atoms with van der Waals surface area (Å²) in [6.45, 7) is 9.05. The second kappa shape index (κ2) is 7.86. The highest BCUT2D eigenvalue weighted by molar-refractivity contribution is 6.01. The van der Waals surface area contributed by atoms with Crippen molar-refractivity contribution in [1.29, 1.82) is 0 Å². The summed E-state index contributed by atoms with van der Waals surface area (Å²) in [5, 5.41) is 11.4. The molecule has 0 bridgehead atoms. The van der Waals surface area contributed by atoms with Gasteiger partial charge in [0.2, 0.25) is 0 Å². The molecule has 0 amide bonds. The van der Waals surface area contributed by atoms with Gasteiger partial charge < -0.3 is 9.84 Å². The van der Waals surface area contributed by atoms with Crippen LogP contribution in [0.5, 0.6) is 0 Å². The van der Waals surface area contributed by atoms with Crippen LogP contribution < -0.4 is 0 Å². The van der Waals surface area contributed by atoms with E-state index < -0.39 is 40.1 Å². The predicted molar refractivity (Wildman–Crippen MR) is 122 cm³/mol. The second-order valence-electron chi connectivity index (χ2n) is 11.3. The number of carbonyl (C=O) groups excluding carboxylic acids is 3. The van der Waals surface area contributed by atoms with Crippen molar-refractivity contribution in [3.63, 3.8) is 0 Å². The summed E-state index contributed by atoms with van der Waals surface area (Å²) in [5.74, 6) is -1.80. The minimum atomic E-state index is -1.96. The summed E-state index contributed by atoms with van der Waals surface area (Å²) in [6, 6.07) is 0. The molecular formula is C27H37FO5. The fraction of sp³-hybridized carbons (Fsp3) is 0.741. The Hall–Kier alpha value is -1.82. The monoisotopic (exact) mass is 460 g/mol. The van der Waals surface area contributed by atoms with Crippen LogP contribution in [0.3, 0.4) is 0 Å². The van der Waals surface area contributed by atoms with Crippen molar-refractivity contribution in [3.8, 4) is 0 Å². The molecule has 3 saturated carbocycles. The van der Waals surface area contributed by atoms with Crippen molar-refractivity contribution in [3.05, 3.63) is 23.8 Å². The van der Waals surface area contributed by atoms with Crippen molar-refractivity contribution in [1.82, 2.24) is 0 Å². The van der Waals surface area contributed by atoms with Crippen molar-refractivity contribution < 1.29 is 28.6 Å². The number of ketones is 2. The summed E-state index contributed by atoms with van der Waals surface area (Å²) >= 11 is 0. The number of Topliss-reactive ketones (excluding diaryl/α,β-unsaturated/α-hetero) is 1. The zero-order valence-corrected chi connectivity index (χ0v) is 20.4. The minimum absolute atomic E-state index is 0.0281. The molecule has 6 heteroatoms. The largest absolute Gasteiger partial charge is 0.450 e. The number of aliphatic hydroxyl groups is 1. The van der Waals surface area contributed by atoms with Crippen molar-refractivity contribution in [2.24, 2.45) is 28.6 Å². The molecule has 3 fully saturated rings. The molecular weight excluding hydrogens is 423 g/mol. The van der Waals surface area contributed by atoms with E-state index in [1.54, 1.807) is 13.0 Å². The van der Waals surface area contributed by atoms with Gasteiger partial charge in [0.25, 0.3) is 0 Å². The van der Waals surface area contributed by atoms with E-state index in [-0.39, 0.29) is 36.2 Å². The molecule has 0 spiro atoms. The first-order chi connectivity index (χ1) is 15.4. The molecule has 0 saturated heterocycles. The number of fused-ring (bicyclic) bond motifs is 5. The highest BCUT2D eigenvalue weighted by Gasteiger charge is 2.76. The Morgan fingerprint density at radius 3 is 2.61 bits per heavy atom. The number of carbonyl (C=O) groups is 3. The van der Waals surface area contributed by atoms with Crippen LogP contribution in [0.15, 0.2) is 23.8 Å². The van der Waals surface area contributed by atoms with Gasteiger partial charge in [-0.1, -0.05) is 38.8 Å². The Bertz CT molecular complexity index is 939. The third-order valence-electron chi connectivity index (χ3n) is 9.71. The van der Waals surface area contributed by atoms with Crippen molar-refractivity contribution in [2.75, 3.05) is 0 Å². The smallest absolute Gasteiger partial charge is 0.306 e. The Balaban J connectivity index is 1.78. The van der Waals surface area contributed by atoms with Crippen LogP contribution in [-0.2, 0) is 19.1 Å². The van der Waals surface area contributed by atoms with E-state index in [9.17, 15) is 19.5 Å². The number of rotatable bonds is 5. The normalized spacial score (nSPS) is 46.2. The SMILES string of the molecule is CCCCC(=O)O[C@]1(C(C)=O)[C@@H](C)C[C@H]2[C@@H]3CCC4=CC(=O)C=C[C@]4(C)[C@]3(F)[C@@H](O)C[C@@]21C. The molecule has 33 heavy (non-hydrogen) atoms. The minimum Gasteiger partial charge on any atom is -0.450 e. The van der Waals surface area contributed by atoms with Crippen molar-refractivity contribution >= 4 is 17.5 Å². The van der Waals surface area contributed by atoms with Gasteiger partial charge in [0.15, 0.2) is 22.8 Å². The molecule has 1 N–H and O–H groups in total. The van der Waals surface area contributed by atoms with Gasteiger partial charge in [0.05, 0.1) is 6.10 Å². The quantitative estimate of drug-likeness (QED) is 0.604. The summed E-state index contributed by atoms with van der Waals surface area (Å²) in [4.78, 5) is 38.0. The van der Waals surface area contributed by atoms with E-state index in [2.05, 4.69) is 0 Å². The van der Waals surface area contributed by atoms with Gasteiger partial charge in [-0.15, -0.1) is 0 Å². The van der Waals surface area contributed by atoms with Crippen LogP contribution in [0.4, 0.5) is 4.39 Å². The number of alkyl halides is 1. The number of esters is 1. The third-order valence-corrected chi connectivity index (χ3v) is 9.71. The fourth-order valence-electron chi connectivity index (χ4n) is 8.12. The van der Waals surface area contributed by atoms with Crippen molar-refractivity contribution in [2.45, 2.75) is 96.9 Å². The first-order valence-electron chi connectivity index (χ1n) is 12.4. The zero-order chi connectivity index (χ0) is 24.4. The summed E-state index contributed by atoms with van der Waals surface area (Å²) in [6.07, 6.45) is 6.59. The van der Waals surface area contributed by atoms with Crippen LogP contribution in [0, 0.1) is 28.6 Å². The maximum absolute atomic E-state index is 17.2. The predicted octanol–water partition coefficient (Wildman–Crippen LogP) is 4.66. The molecule has 4 rings (SSSR count). The van der Waals surface area contributed by atoms with Crippen LogP contribution in [0.1, 0.15) is 79.6 Å². The van der Waals surface area contributed by atoms with Crippen LogP contribution >= 0.6 is 0 Å². The molecule has 8 atom stereocenters. The van der Waals surface area contributed by atoms with Gasteiger partial charge in [0, 0.05) is 29.1 Å². The maximum Gasteiger partial charge on any atom is 0.306 e. The Kier molecular flexibility index (Phi) is 5.79. The molecule has 0 heterocycles. The van der Waals surface area contributed by atoms with E-state index in [0.717, 1.165) is 12.0 Å². The molecule has 0 aliphatic heterocycles. The number of ether oxygens (including phenoxy) is 1. The lowest BCUT2D eigenvalue weighted by Gasteiger charge is -2.62. The molecule has 0 unspecified atom stereocenters. The Morgan fingerprint density at radius 1 is 1.27 bits per heavy atom. The highest BCUT2D eigenvalue weighted by atomic mass is 19.1. The number of hydrogen-bond donors (Lipinski definition) is 1. The van der Waals surface area contributed by atoms with E-state index in [1.165, 1.54) is 19.1 Å². The molecule has 182 valence electrons. The average Bonchev–Trinajstić information content (AvgIpc) is 2.96. The summed E-state index contributed by atoms with van der Waals surface area (Å²) in [5.41, 5.74) is -4.55. The number of unbranched alkanes of at least 4 members (excludes halogenated alkanes) is 1. The third kappa shape index (κ3) is 3.01. The lowest BCUT2D eigenvalue weighted by Crippen LogP contribution is -2.69. The Labute approximate surface area is 195 Å². The fourth-order valence-corrected chi connectivity index (χ4v) is 8.12. The molecule has 5 nitrogen and oxygen atoms in total. The van der Waals surface area contributed by atoms with Gasteiger partial charge in [-0.05, 0) is 64.0 Å². The Morgan fingerprint density at radius 2 is 1.97 bits per heavy atom. The molecule has 0 aromatic rings. The first kappa shape index (κ1) is 24.3. The zero-order valence-electron chi connectivity index (χ0n) is 20.4. The van der Waals surface area contributed by atoms with Gasteiger partial charge >= 0.3 is 5.97 Å². The number of halogens is 1. The average molecular weight is 461 g/mol. The van der Waals surface area contributed by atoms with Crippen LogP contribution in [-0.4, -0.2) is 40.0 Å². The van der Waals surface area contributed by atoms with Crippen LogP contribution in [0.2, 0.25) is 0 Å². The number of allylic oxidation sites excluding steroid dienone is 4. The molecule has 0 radical (unpaired) electrons. The summed E-state index contributed by atoms with van der Waals surface area (Å²) in [7, 11) is 0. The second-order valence-corrected chi connectivity index (χ2v) is 11.3. The van der Waals surface area contributed by atoms with Crippen LogP contribution in [0.25, 0.3) is 0 Å².